The zero-order valence-corrected chi connectivity index (χ0v) is 18.1. The van der Waals surface area contributed by atoms with E-state index in [0.29, 0.717) is 6.54 Å². The van der Waals surface area contributed by atoms with Crippen LogP contribution >= 0.6 is 11.8 Å². The molecule has 3 heterocycles. The molecule has 0 aliphatic carbocycles. The van der Waals surface area contributed by atoms with Crippen molar-refractivity contribution in [1.82, 2.24) is 19.5 Å². The highest BCUT2D eigenvalue weighted by molar-refractivity contribution is 7.99. The van der Waals surface area contributed by atoms with Gasteiger partial charge in [-0.25, -0.2) is 0 Å². The second-order valence-corrected chi connectivity index (χ2v) is 8.73. The highest BCUT2D eigenvalue weighted by Gasteiger charge is 2.13. The average molecular weight is 432 g/mol. The topological polar surface area (TPSA) is 68.7 Å². The van der Waals surface area contributed by atoms with Crippen molar-refractivity contribution in [2.24, 2.45) is 5.73 Å². The minimum absolute atomic E-state index is 0.528. The van der Waals surface area contributed by atoms with Gasteiger partial charge >= 0.3 is 0 Å². The summed E-state index contributed by atoms with van der Waals surface area (Å²) < 4.78 is 7.50. The van der Waals surface area contributed by atoms with Gasteiger partial charge in [-0.15, -0.1) is 10.2 Å². The monoisotopic (exact) mass is 431 g/mol. The Bertz CT molecular complexity index is 1170. The van der Waals surface area contributed by atoms with Crippen LogP contribution in [0.5, 0.6) is 0 Å². The lowest BCUT2D eigenvalue weighted by atomic mass is 10.1. The minimum Gasteiger partial charge on any atom is -0.379 e. The molecule has 0 atom stereocenters. The van der Waals surface area contributed by atoms with E-state index in [2.05, 4.69) is 68.2 Å². The summed E-state index contributed by atoms with van der Waals surface area (Å²) in [6, 6.07) is 21.0. The number of nitrogens with two attached hydrogens (primary N) is 1. The molecule has 0 unspecified atom stereocenters. The van der Waals surface area contributed by atoms with Crippen LogP contribution in [0.1, 0.15) is 11.1 Å². The van der Waals surface area contributed by atoms with Crippen molar-refractivity contribution in [2.75, 3.05) is 26.3 Å². The number of nitrogens with zero attached hydrogens (tertiary/aromatic N) is 4. The Morgan fingerprint density at radius 2 is 1.74 bits per heavy atom. The number of fused-ring (bicyclic) bond motifs is 1. The van der Waals surface area contributed by atoms with Gasteiger partial charge in [-0.3, -0.25) is 9.30 Å². The fraction of sp³-hybridized carbons (Fsp3) is 0.250. The van der Waals surface area contributed by atoms with Gasteiger partial charge in [-0.1, -0.05) is 54.2 Å². The molecule has 4 aromatic rings. The molecule has 0 saturated carbocycles. The number of hydrogen-bond donors (Lipinski definition) is 1. The molecule has 2 aromatic heterocycles. The van der Waals surface area contributed by atoms with Gasteiger partial charge in [0, 0.05) is 47.7 Å². The fourth-order valence-corrected chi connectivity index (χ4v) is 4.78. The van der Waals surface area contributed by atoms with Crippen LogP contribution in [0.2, 0.25) is 0 Å². The van der Waals surface area contributed by atoms with Crippen LogP contribution in [-0.2, 0) is 17.8 Å². The third kappa shape index (κ3) is 4.50. The summed E-state index contributed by atoms with van der Waals surface area (Å²) in [5.74, 6) is 0.850. The normalized spacial score (nSPS) is 14.9. The first-order valence-corrected chi connectivity index (χ1v) is 11.3. The molecule has 0 amide bonds. The van der Waals surface area contributed by atoms with Crippen molar-refractivity contribution in [3.8, 4) is 11.4 Å². The van der Waals surface area contributed by atoms with Gasteiger partial charge in [0.15, 0.2) is 11.5 Å². The predicted molar refractivity (Wildman–Crippen MR) is 123 cm³/mol. The van der Waals surface area contributed by atoms with Gasteiger partial charge in [0.1, 0.15) is 0 Å². The van der Waals surface area contributed by atoms with Gasteiger partial charge in [-0.05, 0) is 29.3 Å². The highest BCUT2D eigenvalue weighted by atomic mass is 32.2. The molecule has 5 rings (SSSR count). The summed E-state index contributed by atoms with van der Waals surface area (Å²) in [4.78, 5) is 4.72. The lowest BCUT2D eigenvalue weighted by molar-refractivity contribution is 0.0342. The van der Waals surface area contributed by atoms with Crippen LogP contribution in [0, 0.1) is 0 Å². The van der Waals surface area contributed by atoms with Crippen molar-refractivity contribution >= 4 is 17.4 Å². The molecule has 31 heavy (non-hydrogen) atoms. The molecule has 0 spiro atoms. The summed E-state index contributed by atoms with van der Waals surface area (Å²) in [5.41, 5.74) is 10.2. The Morgan fingerprint density at radius 1 is 0.935 bits per heavy atom. The van der Waals surface area contributed by atoms with E-state index in [1.165, 1.54) is 10.5 Å². The molecule has 1 fully saturated rings. The number of morpholine rings is 1. The molecule has 1 saturated heterocycles. The number of rotatable bonds is 6. The maximum absolute atomic E-state index is 5.90. The predicted octanol–water partition coefficient (Wildman–Crippen LogP) is 3.84. The van der Waals surface area contributed by atoms with Crippen LogP contribution in [-0.4, -0.2) is 45.8 Å². The average Bonchev–Trinajstić information content (AvgIpc) is 3.24. The molecule has 6 nitrogen and oxygen atoms in total. The molecule has 1 aliphatic heterocycles. The molecule has 7 heteroatoms. The summed E-state index contributed by atoms with van der Waals surface area (Å²) in [6.45, 7) is 5.10. The van der Waals surface area contributed by atoms with Crippen molar-refractivity contribution in [1.29, 1.82) is 0 Å². The van der Waals surface area contributed by atoms with E-state index in [0.717, 1.165) is 60.3 Å². The van der Waals surface area contributed by atoms with E-state index in [1.54, 1.807) is 11.8 Å². The molecule has 2 N–H and O–H groups in total. The van der Waals surface area contributed by atoms with Crippen molar-refractivity contribution < 1.29 is 4.74 Å². The number of ether oxygens (including phenoxy) is 1. The van der Waals surface area contributed by atoms with E-state index in [9.17, 15) is 0 Å². The van der Waals surface area contributed by atoms with Crippen LogP contribution < -0.4 is 5.73 Å². The van der Waals surface area contributed by atoms with Gasteiger partial charge < -0.3 is 10.5 Å². The van der Waals surface area contributed by atoms with Crippen LogP contribution in [0.15, 0.2) is 76.7 Å². The molecule has 158 valence electrons. The number of pyridine rings is 1. The Balaban J connectivity index is 1.39. The number of aromatic nitrogens is 3. The van der Waals surface area contributed by atoms with Crippen molar-refractivity contribution in [3.63, 3.8) is 0 Å². The summed E-state index contributed by atoms with van der Waals surface area (Å²) in [7, 11) is 0. The lowest BCUT2D eigenvalue weighted by Crippen LogP contribution is -2.35. The third-order valence-electron chi connectivity index (χ3n) is 5.52. The number of benzene rings is 2. The van der Waals surface area contributed by atoms with E-state index >= 15 is 0 Å². The van der Waals surface area contributed by atoms with E-state index in [1.807, 2.05) is 18.2 Å². The lowest BCUT2D eigenvalue weighted by Gasteiger charge is -2.26. The van der Waals surface area contributed by atoms with Gasteiger partial charge in [0.2, 0.25) is 0 Å². The smallest absolute Gasteiger partial charge is 0.168 e. The SMILES string of the molecule is NCc1ccccc1Sc1ccc2nnc(-c3ccc(CN4CCOCC4)cc3)n2c1. The van der Waals surface area contributed by atoms with Gasteiger partial charge in [0.25, 0.3) is 0 Å². The Kier molecular flexibility index (Phi) is 5.99. The fourth-order valence-electron chi connectivity index (χ4n) is 3.80. The molecule has 0 bridgehead atoms. The summed E-state index contributed by atoms with van der Waals surface area (Å²) >= 11 is 1.71. The zero-order chi connectivity index (χ0) is 21.0. The Hall–Kier alpha value is -2.71. The molecular formula is C24H25N5OS. The van der Waals surface area contributed by atoms with Crippen molar-refractivity contribution in [3.05, 3.63) is 78.0 Å². The van der Waals surface area contributed by atoms with Crippen LogP contribution in [0.25, 0.3) is 17.0 Å². The Morgan fingerprint density at radius 3 is 2.55 bits per heavy atom. The second-order valence-electron chi connectivity index (χ2n) is 7.62. The van der Waals surface area contributed by atoms with Crippen LogP contribution in [0.4, 0.5) is 0 Å². The maximum atomic E-state index is 5.90. The summed E-state index contributed by atoms with van der Waals surface area (Å²) in [6.07, 6.45) is 2.10. The standard InChI is InChI=1S/C24H25N5OS/c25-15-20-3-1-2-4-22(20)31-21-9-10-23-26-27-24(29(23)17-21)19-7-5-18(6-8-19)16-28-11-13-30-14-12-28/h1-10,17H,11-16,25H2. The minimum atomic E-state index is 0.528. The first-order valence-electron chi connectivity index (χ1n) is 10.5. The molecule has 2 aromatic carbocycles. The van der Waals surface area contributed by atoms with Crippen molar-refractivity contribution in [2.45, 2.75) is 22.9 Å². The quantitative estimate of drug-likeness (QED) is 0.500. The largest absolute Gasteiger partial charge is 0.379 e. The third-order valence-corrected chi connectivity index (χ3v) is 6.61. The van der Waals surface area contributed by atoms with Crippen LogP contribution in [0.3, 0.4) is 0 Å². The zero-order valence-electron chi connectivity index (χ0n) is 17.3. The van der Waals surface area contributed by atoms with E-state index in [4.69, 9.17) is 10.5 Å². The van der Waals surface area contributed by atoms with E-state index < -0.39 is 0 Å². The molecule has 1 aliphatic rings. The number of hydrogen-bond acceptors (Lipinski definition) is 6. The van der Waals surface area contributed by atoms with E-state index in [-0.39, 0.29) is 0 Å². The first kappa shape index (κ1) is 20.2. The first-order chi connectivity index (χ1) is 15.3. The summed E-state index contributed by atoms with van der Waals surface area (Å²) in [5, 5.41) is 8.80. The molecule has 0 radical (unpaired) electrons. The molecular weight excluding hydrogens is 406 g/mol. The Labute approximate surface area is 186 Å². The van der Waals surface area contributed by atoms with Gasteiger partial charge in [-0.2, -0.15) is 0 Å². The highest BCUT2D eigenvalue weighted by Crippen LogP contribution is 2.31. The second kappa shape index (κ2) is 9.20. The van der Waals surface area contributed by atoms with Gasteiger partial charge in [0.05, 0.1) is 13.2 Å². The maximum Gasteiger partial charge on any atom is 0.168 e.